The predicted octanol–water partition coefficient (Wildman–Crippen LogP) is 4.53. The highest BCUT2D eigenvalue weighted by Gasteiger charge is 2.45. The third kappa shape index (κ3) is 8.42. The molecular formula is C36H54N4O8. The summed E-state index contributed by atoms with van der Waals surface area (Å²) in [6.45, 7) is 13.6. The largest absolute Gasteiger partial charge is 0.476 e. The third-order valence-corrected chi connectivity index (χ3v) is 9.68. The van der Waals surface area contributed by atoms with Crippen molar-refractivity contribution in [3.63, 3.8) is 0 Å². The molecule has 1 aliphatic carbocycles. The molecule has 1 aromatic rings. The summed E-state index contributed by atoms with van der Waals surface area (Å²) in [5.41, 5.74) is -0.476. The predicted molar refractivity (Wildman–Crippen MR) is 181 cm³/mol. The molecule has 12 heteroatoms. The van der Waals surface area contributed by atoms with Gasteiger partial charge >= 0.3 is 6.09 Å². The van der Waals surface area contributed by atoms with Crippen LogP contribution in [0.25, 0.3) is 0 Å². The molecule has 5 rings (SSSR count). The second-order valence-electron chi connectivity index (χ2n) is 15.3. The number of anilines is 2. The zero-order valence-electron chi connectivity index (χ0n) is 29.7. The van der Waals surface area contributed by atoms with E-state index in [0.717, 1.165) is 25.7 Å². The number of carbonyl (C=O) groups is 4. The number of benzene rings is 1. The highest BCUT2D eigenvalue weighted by molar-refractivity contribution is 6.04. The van der Waals surface area contributed by atoms with E-state index in [1.165, 1.54) is 4.90 Å². The molecule has 4 aliphatic rings. The minimum atomic E-state index is -1.03. The minimum Gasteiger partial charge on any atom is -0.476 e. The van der Waals surface area contributed by atoms with E-state index >= 15 is 0 Å². The van der Waals surface area contributed by atoms with Gasteiger partial charge in [0.1, 0.15) is 11.4 Å². The number of hydrogen-bond acceptors (Lipinski definition) is 8. The SMILES string of the molecule is COCCCN1C(=O)C(C)(C)Oc2ccc(N(C(=O)[C@@H]3C[C@H](C(=O)NC(C)C4CCOCC4)CN(C(=O)OC(C)(C)C)C3)C3CC3)cc21. The molecule has 3 heterocycles. The molecule has 266 valence electrons. The van der Waals surface area contributed by atoms with Crippen LogP contribution in [0.15, 0.2) is 18.2 Å². The summed E-state index contributed by atoms with van der Waals surface area (Å²) in [4.78, 5) is 60.2. The summed E-state index contributed by atoms with van der Waals surface area (Å²) in [6.07, 6.45) is 3.88. The van der Waals surface area contributed by atoms with Gasteiger partial charge in [0.05, 0.1) is 17.5 Å². The molecule has 0 aromatic heterocycles. The molecule has 1 aromatic carbocycles. The zero-order chi connectivity index (χ0) is 34.8. The van der Waals surface area contributed by atoms with Crippen molar-refractivity contribution in [3.8, 4) is 5.75 Å². The van der Waals surface area contributed by atoms with Gasteiger partial charge in [-0.3, -0.25) is 14.4 Å². The highest BCUT2D eigenvalue weighted by atomic mass is 16.6. The van der Waals surface area contributed by atoms with E-state index < -0.39 is 29.1 Å². The molecule has 1 saturated carbocycles. The fourth-order valence-electron chi connectivity index (χ4n) is 6.96. The summed E-state index contributed by atoms with van der Waals surface area (Å²) in [5, 5.41) is 3.19. The summed E-state index contributed by atoms with van der Waals surface area (Å²) in [5.74, 6) is -0.754. The van der Waals surface area contributed by atoms with E-state index in [4.69, 9.17) is 18.9 Å². The Labute approximate surface area is 284 Å². The number of likely N-dealkylation sites (tertiary alicyclic amines) is 1. The number of nitrogens with one attached hydrogen (secondary N) is 1. The van der Waals surface area contributed by atoms with Crippen molar-refractivity contribution < 1.29 is 38.1 Å². The quantitative estimate of drug-likeness (QED) is 0.360. The van der Waals surface area contributed by atoms with Crippen LogP contribution in [0.1, 0.15) is 80.1 Å². The normalized spacial score (nSPS) is 23.5. The van der Waals surface area contributed by atoms with Gasteiger partial charge in [-0.1, -0.05) is 0 Å². The summed E-state index contributed by atoms with van der Waals surface area (Å²) in [7, 11) is 1.63. The van der Waals surface area contributed by atoms with Gasteiger partial charge < -0.3 is 39.0 Å². The van der Waals surface area contributed by atoms with Crippen molar-refractivity contribution >= 4 is 35.2 Å². The Morgan fingerprint density at radius 3 is 2.42 bits per heavy atom. The highest BCUT2D eigenvalue weighted by Crippen LogP contribution is 2.43. The number of amides is 4. The monoisotopic (exact) mass is 670 g/mol. The first-order valence-corrected chi connectivity index (χ1v) is 17.5. The molecule has 3 aliphatic heterocycles. The van der Waals surface area contributed by atoms with Crippen molar-refractivity contribution in [2.45, 2.75) is 103 Å². The fourth-order valence-corrected chi connectivity index (χ4v) is 6.96. The first-order chi connectivity index (χ1) is 22.7. The lowest BCUT2D eigenvalue weighted by Crippen LogP contribution is -2.55. The second kappa shape index (κ2) is 14.6. The van der Waals surface area contributed by atoms with Gasteiger partial charge in [0, 0.05) is 64.3 Å². The number of nitrogens with zero attached hydrogens (tertiary/aromatic N) is 3. The maximum atomic E-state index is 14.6. The molecule has 1 N–H and O–H groups in total. The van der Waals surface area contributed by atoms with Crippen LogP contribution in [-0.2, 0) is 28.6 Å². The van der Waals surface area contributed by atoms with Gasteiger partial charge in [-0.25, -0.2) is 4.79 Å². The van der Waals surface area contributed by atoms with Gasteiger partial charge in [-0.05, 0) is 104 Å². The molecule has 48 heavy (non-hydrogen) atoms. The summed E-state index contributed by atoms with van der Waals surface area (Å²) in [6, 6.07) is 5.49. The number of methoxy groups -OCH3 is 1. The van der Waals surface area contributed by atoms with Crippen LogP contribution >= 0.6 is 0 Å². The number of rotatable bonds is 10. The summed E-state index contributed by atoms with van der Waals surface area (Å²) < 4.78 is 22.6. The van der Waals surface area contributed by atoms with Crippen molar-refractivity contribution in [1.82, 2.24) is 10.2 Å². The Bertz CT molecular complexity index is 1350. The van der Waals surface area contributed by atoms with E-state index in [1.54, 1.807) is 51.5 Å². The first kappa shape index (κ1) is 35.9. The first-order valence-electron chi connectivity index (χ1n) is 17.5. The maximum absolute atomic E-state index is 14.6. The summed E-state index contributed by atoms with van der Waals surface area (Å²) >= 11 is 0. The molecule has 0 spiro atoms. The van der Waals surface area contributed by atoms with E-state index in [1.807, 2.05) is 25.1 Å². The molecule has 1 unspecified atom stereocenters. The van der Waals surface area contributed by atoms with E-state index in [0.29, 0.717) is 62.2 Å². The average Bonchev–Trinajstić information content (AvgIpc) is 3.87. The van der Waals surface area contributed by atoms with Gasteiger partial charge in [0.15, 0.2) is 5.60 Å². The standard InChI is InChI=1S/C36H54N4O8/c1-23(24-13-17-46-18-14-24)37-31(41)25-19-26(22-38(21-25)34(44)48-35(2,3)4)32(42)40(27-9-10-27)28-11-12-30-29(20-28)39(15-8-16-45-7)33(43)36(5,6)47-30/h11-12,20,23-27H,8-10,13-19,21-22H2,1-7H3,(H,37,41)/t23?,25-,26+/m0/s1. The molecule has 2 saturated heterocycles. The molecule has 12 nitrogen and oxygen atoms in total. The number of carbonyl (C=O) groups excluding carboxylic acids is 4. The minimum absolute atomic E-state index is 0.00753. The number of hydrogen-bond donors (Lipinski definition) is 1. The van der Waals surface area contributed by atoms with Crippen LogP contribution in [0.5, 0.6) is 5.75 Å². The third-order valence-electron chi connectivity index (χ3n) is 9.68. The maximum Gasteiger partial charge on any atom is 0.410 e. The smallest absolute Gasteiger partial charge is 0.410 e. The molecule has 0 bridgehead atoms. The molecule has 3 fully saturated rings. The van der Waals surface area contributed by atoms with E-state index in [9.17, 15) is 19.2 Å². The van der Waals surface area contributed by atoms with Crippen LogP contribution in [0.4, 0.5) is 16.2 Å². The Morgan fingerprint density at radius 1 is 1.08 bits per heavy atom. The molecular weight excluding hydrogens is 616 g/mol. The van der Waals surface area contributed by atoms with Crippen LogP contribution in [0.2, 0.25) is 0 Å². The average molecular weight is 671 g/mol. The van der Waals surface area contributed by atoms with Crippen LogP contribution in [-0.4, -0.2) is 98.6 Å². The lowest BCUT2D eigenvalue weighted by Gasteiger charge is -2.41. The molecule has 0 radical (unpaired) electrons. The Hall–Kier alpha value is -3.38. The fraction of sp³-hybridized carbons (Fsp3) is 0.722. The van der Waals surface area contributed by atoms with Gasteiger partial charge in [-0.15, -0.1) is 0 Å². The van der Waals surface area contributed by atoms with Crippen molar-refractivity contribution in [1.29, 1.82) is 0 Å². The van der Waals surface area contributed by atoms with Gasteiger partial charge in [-0.2, -0.15) is 0 Å². The Kier molecular flexibility index (Phi) is 10.9. The topological polar surface area (TPSA) is 127 Å². The number of fused-ring (bicyclic) bond motifs is 1. The Morgan fingerprint density at radius 2 is 1.77 bits per heavy atom. The Balaban J connectivity index is 1.41. The van der Waals surface area contributed by atoms with Crippen molar-refractivity contribution in [3.05, 3.63) is 18.2 Å². The molecule has 3 atom stereocenters. The number of piperidine rings is 1. The van der Waals surface area contributed by atoms with Gasteiger partial charge in [0.2, 0.25) is 11.8 Å². The lowest BCUT2D eigenvalue weighted by molar-refractivity contribution is -0.133. The van der Waals surface area contributed by atoms with E-state index in [-0.39, 0.29) is 42.9 Å². The van der Waals surface area contributed by atoms with Crippen LogP contribution in [0, 0.1) is 17.8 Å². The van der Waals surface area contributed by atoms with E-state index in [2.05, 4.69) is 5.32 Å². The van der Waals surface area contributed by atoms with Crippen molar-refractivity contribution in [2.75, 3.05) is 56.4 Å². The number of ether oxygens (including phenoxy) is 4. The lowest BCUT2D eigenvalue weighted by atomic mass is 9.86. The van der Waals surface area contributed by atoms with Crippen LogP contribution in [0.3, 0.4) is 0 Å². The van der Waals surface area contributed by atoms with Crippen molar-refractivity contribution in [2.24, 2.45) is 17.8 Å². The second-order valence-corrected chi connectivity index (χ2v) is 15.3. The molecule has 4 amide bonds. The van der Waals surface area contributed by atoms with Gasteiger partial charge in [0.25, 0.3) is 5.91 Å². The zero-order valence-corrected chi connectivity index (χ0v) is 29.7. The van der Waals surface area contributed by atoms with Crippen LogP contribution < -0.4 is 19.9 Å².